The number of amides is 1. The van der Waals surface area contributed by atoms with Crippen molar-refractivity contribution in [2.24, 2.45) is 4.99 Å². The zero-order valence-electron chi connectivity index (χ0n) is 19.1. The number of rotatable bonds is 7. The number of hydrogen-bond acceptors (Lipinski definition) is 5. The molecular formula is C24H26FN3O4S. The van der Waals surface area contributed by atoms with Gasteiger partial charge >= 0.3 is 0 Å². The van der Waals surface area contributed by atoms with Gasteiger partial charge in [-0.3, -0.25) is 14.1 Å². The molecule has 0 aliphatic heterocycles. The van der Waals surface area contributed by atoms with E-state index in [0.29, 0.717) is 33.5 Å². The van der Waals surface area contributed by atoms with Gasteiger partial charge in [-0.05, 0) is 42.8 Å². The summed E-state index contributed by atoms with van der Waals surface area (Å²) in [6.45, 7) is 1.98. The van der Waals surface area contributed by atoms with Gasteiger partial charge in [0.05, 0.1) is 23.2 Å². The molecule has 0 saturated carbocycles. The molecule has 0 radical (unpaired) electrons. The highest BCUT2D eigenvalue weighted by Gasteiger charge is 2.26. The minimum Gasteiger partial charge on any atom is -0.455 e. The second-order valence-electron chi connectivity index (χ2n) is 7.41. The van der Waals surface area contributed by atoms with E-state index in [9.17, 15) is 17.6 Å². The minimum absolute atomic E-state index is 0.258. The Morgan fingerprint density at radius 1 is 1.24 bits per heavy atom. The molecule has 0 unspecified atom stereocenters. The van der Waals surface area contributed by atoms with Crippen LogP contribution in [-0.4, -0.2) is 47.4 Å². The number of aliphatic imine (C=N–C) groups is 1. The number of sulfonamides is 1. The number of carbonyl (C=O) groups is 1. The summed E-state index contributed by atoms with van der Waals surface area (Å²) >= 11 is 0. The Labute approximate surface area is 192 Å². The van der Waals surface area contributed by atoms with Gasteiger partial charge in [0.25, 0.3) is 5.91 Å². The Bertz CT molecular complexity index is 1360. The van der Waals surface area contributed by atoms with Crippen molar-refractivity contribution in [3.63, 3.8) is 0 Å². The number of fused-ring (bicyclic) bond motifs is 1. The Kier molecular flexibility index (Phi) is 7.02. The summed E-state index contributed by atoms with van der Waals surface area (Å²) < 4.78 is 45.4. The Balaban J connectivity index is 2.42. The highest BCUT2D eigenvalue weighted by Crippen LogP contribution is 2.38. The van der Waals surface area contributed by atoms with Crippen LogP contribution in [0.1, 0.15) is 29.3 Å². The summed E-state index contributed by atoms with van der Waals surface area (Å²) in [6, 6.07) is 8.88. The van der Waals surface area contributed by atoms with E-state index in [-0.39, 0.29) is 17.2 Å². The third-order valence-corrected chi connectivity index (χ3v) is 6.42. The average molecular weight is 472 g/mol. The van der Waals surface area contributed by atoms with Gasteiger partial charge in [-0.2, -0.15) is 0 Å². The third kappa shape index (κ3) is 4.83. The van der Waals surface area contributed by atoms with Crippen LogP contribution in [-0.2, 0) is 10.0 Å². The van der Waals surface area contributed by atoms with Crippen molar-refractivity contribution in [3.05, 3.63) is 65.5 Å². The Hall–Kier alpha value is -3.46. The number of furan rings is 1. The standard InChI is InChI=1S/C24H26FN3O4S/c1-6-7-8-19(26-2)17-13-18-21(14-20(17)28(4)33(5,30)31)32-23(22(18)24(29)27-3)15-9-11-16(25)12-10-15/h7-14H,6H2,1-5H3,(H,27,29). The van der Waals surface area contributed by atoms with E-state index >= 15 is 0 Å². The molecule has 1 N–H and O–H groups in total. The molecule has 174 valence electrons. The lowest BCUT2D eigenvalue weighted by molar-refractivity contribution is 0.0964. The van der Waals surface area contributed by atoms with Crippen LogP contribution in [0.3, 0.4) is 0 Å². The highest BCUT2D eigenvalue weighted by molar-refractivity contribution is 7.92. The van der Waals surface area contributed by atoms with Crippen LogP contribution < -0.4 is 9.62 Å². The van der Waals surface area contributed by atoms with Gasteiger partial charge in [-0.1, -0.05) is 13.0 Å². The predicted molar refractivity (Wildman–Crippen MR) is 130 cm³/mol. The molecule has 0 saturated heterocycles. The predicted octanol–water partition coefficient (Wildman–Crippen LogP) is 4.38. The second kappa shape index (κ2) is 9.58. The lowest BCUT2D eigenvalue weighted by atomic mass is 10.00. The van der Waals surface area contributed by atoms with E-state index in [1.807, 2.05) is 13.0 Å². The quantitative estimate of drug-likeness (QED) is 0.518. The number of nitrogens with one attached hydrogen (secondary N) is 1. The summed E-state index contributed by atoms with van der Waals surface area (Å²) in [6.07, 6.45) is 5.59. The largest absolute Gasteiger partial charge is 0.455 e. The van der Waals surface area contributed by atoms with Crippen LogP contribution in [0, 0.1) is 5.82 Å². The number of halogens is 1. The number of nitrogens with zero attached hydrogens (tertiary/aromatic N) is 2. The molecule has 0 spiro atoms. The molecule has 9 heteroatoms. The molecule has 0 aliphatic carbocycles. The van der Waals surface area contributed by atoms with Crippen molar-refractivity contribution in [1.82, 2.24) is 5.32 Å². The number of carbonyl (C=O) groups excluding carboxylic acids is 1. The lowest BCUT2D eigenvalue weighted by Crippen LogP contribution is -2.26. The molecule has 7 nitrogen and oxygen atoms in total. The molecule has 33 heavy (non-hydrogen) atoms. The first-order valence-electron chi connectivity index (χ1n) is 10.3. The SMILES string of the molecule is CCC=CC(=NC)c1cc2c(C(=O)NC)c(-c3ccc(F)cc3)oc2cc1N(C)S(C)(=O)=O. The first-order chi connectivity index (χ1) is 15.6. The highest BCUT2D eigenvalue weighted by atomic mass is 32.2. The van der Waals surface area contributed by atoms with E-state index in [1.54, 1.807) is 25.3 Å². The molecule has 0 fully saturated rings. The topological polar surface area (TPSA) is 92.0 Å². The van der Waals surface area contributed by atoms with Crippen LogP contribution >= 0.6 is 0 Å². The first-order valence-corrected chi connectivity index (χ1v) is 12.1. The lowest BCUT2D eigenvalue weighted by Gasteiger charge is -2.20. The zero-order chi connectivity index (χ0) is 24.3. The van der Waals surface area contributed by atoms with Gasteiger partial charge in [0.15, 0.2) is 0 Å². The molecule has 2 aromatic carbocycles. The number of anilines is 1. The Morgan fingerprint density at radius 3 is 2.45 bits per heavy atom. The summed E-state index contributed by atoms with van der Waals surface area (Å²) in [5, 5.41) is 3.10. The van der Waals surface area contributed by atoms with Crippen molar-refractivity contribution < 1.29 is 22.0 Å². The van der Waals surface area contributed by atoms with Gasteiger partial charge in [0, 0.05) is 43.7 Å². The van der Waals surface area contributed by atoms with Crippen molar-refractivity contribution in [3.8, 4) is 11.3 Å². The number of benzene rings is 2. The number of allylic oxidation sites excluding steroid dienone is 2. The molecular weight excluding hydrogens is 445 g/mol. The summed E-state index contributed by atoms with van der Waals surface area (Å²) in [5.41, 5.74) is 2.53. The van der Waals surface area contributed by atoms with Gasteiger partial charge in [0.2, 0.25) is 10.0 Å². The van der Waals surface area contributed by atoms with Crippen molar-refractivity contribution >= 4 is 38.3 Å². The second-order valence-corrected chi connectivity index (χ2v) is 9.42. The van der Waals surface area contributed by atoms with Gasteiger partial charge in [-0.25, -0.2) is 12.8 Å². The van der Waals surface area contributed by atoms with Crippen LogP contribution in [0.4, 0.5) is 10.1 Å². The fraction of sp³-hybridized carbons (Fsp3) is 0.250. The van der Waals surface area contributed by atoms with Crippen LogP contribution in [0.25, 0.3) is 22.3 Å². The van der Waals surface area contributed by atoms with E-state index in [4.69, 9.17) is 4.42 Å². The molecule has 0 aliphatic rings. The van der Waals surface area contributed by atoms with Crippen molar-refractivity contribution in [1.29, 1.82) is 0 Å². The van der Waals surface area contributed by atoms with E-state index in [0.717, 1.165) is 17.0 Å². The normalized spacial score (nSPS) is 12.5. The molecule has 0 bridgehead atoms. The molecule has 3 rings (SSSR count). The molecule has 1 heterocycles. The summed E-state index contributed by atoms with van der Waals surface area (Å²) in [4.78, 5) is 17.2. The average Bonchev–Trinajstić information content (AvgIpc) is 3.16. The fourth-order valence-corrected chi connectivity index (χ4v) is 3.95. The molecule has 0 atom stereocenters. The first kappa shape index (κ1) is 24.2. The van der Waals surface area contributed by atoms with Crippen molar-refractivity contribution in [2.75, 3.05) is 31.7 Å². The maximum Gasteiger partial charge on any atom is 0.255 e. The van der Waals surface area contributed by atoms with E-state index < -0.39 is 15.8 Å². The molecule has 3 aromatic rings. The summed E-state index contributed by atoms with van der Waals surface area (Å²) in [5.74, 6) is -0.543. The van der Waals surface area contributed by atoms with Gasteiger partial charge in [-0.15, -0.1) is 0 Å². The fourth-order valence-electron chi connectivity index (χ4n) is 3.45. The van der Waals surface area contributed by atoms with Crippen LogP contribution in [0.15, 0.2) is 58.0 Å². The molecule has 1 amide bonds. The van der Waals surface area contributed by atoms with Crippen LogP contribution in [0.2, 0.25) is 0 Å². The van der Waals surface area contributed by atoms with Gasteiger partial charge in [0.1, 0.15) is 17.2 Å². The Morgan fingerprint density at radius 2 is 1.91 bits per heavy atom. The smallest absolute Gasteiger partial charge is 0.255 e. The minimum atomic E-state index is -3.60. The van der Waals surface area contributed by atoms with Crippen LogP contribution in [0.5, 0.6) is 0 Å². The van der Waals surface area contributed by atoms with E-state index in [1.165, 1.54) is 38.4 Å². The number of hydrogen-bond donors (Lipinski definition) is 1. The maximum atomic E-state index is 13.5. The van der Waals surface area contributed by atoms with Crippen molar-refractivity contribution in [2.45, 2.75) is 13.3 Å². The third-order valence-electron chi connectivity index (χ3n) is 5.23. The zero-order valence-corrected chi connectivity index (χ0v) is 20.0. The van der Waals surface area contributed by atoms with Gasteiger partial charge < -0.3 is 9.73 Å². The monoisotopic (exact) mass is 471 g/mol. The summed E-state index contributed by atoms with van der Waals surface area (Å²) in [7, 11) is 0.965. The van der Waals surface area contributed by atoms with E-state index in [2.05, 4.69) is 10.3 Å². The maximum absolute atomic E-state index is 13.5. The molecule has 1 aromatic heterocycles.